The molecule has 1 aromatic rings. The van der Waals surface area contributed by atoms with Crippen molar-refractivity contribution in [2.75, 3.05) is 0 Å². The Morgan fingerprint density at radius 2 is 1.12 bits per heavy atom. The summed E-state index contributed by atoms with van der Waals surface area (Å²) in [5.41, 5.74) is 0.360. The van der Waals surface area contributed by atoms with E-state index < -0.39 is 11.8 Å². The van der Waals surface area contributed by atoms with Crippen molar-refractivity contribution in [3.8, 4) is 5.75 Å². The van der Waals surface area contributed by atoms with Gasteiger partial charge < -0.3 is 9.47 Å². The number of hydrogen-bond acceptors (Lipinski definition) is 4. The van der Waals surface area contributed by atoms with E-state index >= 15 is 0 Å². The van der Waals surface area contributed by atoms with Crippen LogP contribution in [-0.4, -0.2) is 17.5 Å². The van der Waals surface area contributed by atoms with Crippen molar-refractivity contribution >= 4 is 11.9 Å². The second-order valence-electron chi connectivity index (χ2n) is 10.6. The molecule has 0 spiro atoms. The number of unbranched alkanes of at least 4 members (excludes halogenated alkanes) is 14. The van der Waals surface area contributed by atoms with E-state index in [0.717, 1.165) is 18.4 Å². The van der Waals surface area contributed by atoms with Gasteiger partial charge in [-0.2, -0.15) is 0 Å². The Labute approximate surface area is 209 Å². The molecule has 0 heterocycles. The van der Waals surface area contributed by atoms with Crippen molar-refractivity contribution in [3.05, 3.63) is 29.8 Å². The highest BCUT2D eigenvalue weighted by Crippen LogP contribution is 2.17. The van der Waals surface area contributed by atoms with Crippen LogP contribution in [0.15, 0.2) is 24.3 Å². The van der Waals surface area contributed by atoms with E-state index in [1.165, 1.54) is 83.5 Å². The van der Waals surface area contributed by atoms with Gasteiger partial charge in [0.2, 0.25) is 0 Å². The molecule has 4 nitrogen and oxygen atoms in total. The zero-order valence-corrected chi connectivity index (χ0v) is 22.5. The van der Waals surface area contributed by atoms with Crippen molar-refractivity contribution in [1.29, 1.82) is 0 Å². The maximum Gasteiger partial charge on any atom is 0.514 e. The number of carbonyl (C=O) groups is 2. The number of Topliss-reactive ketones (excluding diaryl/α,β-unsaturated/α-hetero) is 1. The van der Waals surface area contributed by atoms with E-state index in [0.29, 0.717) is 18.6 Å². The summed E-state index contributed by atoms with van der Waals surface area (Å²) in [6, 6.07) is 7.09. The molecule has 194 valence electrons. The van der Waals surface area contributed by atoms with Crippen LogP contribution in [0.2, 0.25) is 0 Å². The Morgan fingerprint density at radius 1 is 0.676 bits per heavy atom. The highest BCUT2D eigenvalue weighted by molar-refractivity contribution is 5.80. The Morgan fingerprint density at radius 3 is 1.56 bits per heavy atom. The molecule has 0 atom stereocenters. The predicted molar refractivity (Wildman–Crippen MR) is 142 cm³/mol. The lowest BCUT2D eigenvalue weighted by atomic mass is 10.0. The lowest BCUT2D eigenvalue weighted by Crippen LogP contribution is -2.25. The predicted octanol–water partition coefficient (Wildman–Crippen LogP) is 9.37. The van der Waals surface area contributed by atoms with Crippen molar-refractivity contribution in [3.63, 3.8) is 0 Å². The third-order valence-corrected chi connectivity index (χ3v) is 5.97. The molecule has 0 radical (unpaired) electrons. The zero-order valence-electron chi connectivity index (χ0n) is 22.5. The molecule has 0 saturated carbocycles. The Balaban J connectivity index is 1.99. The molecule has 34 heavy (non-hydrogen) atoms. The molecule has 4 heteroatoms. The van der Waals surface area contributed by atoms with E-state index in [4.69, 9.17) is 9.47 Å². The molecule has 0 N–H and O–H groups in total. The monoisotopic (exact) mass is 474 g/mol. The maximum atomic E-state index is 12.3. The van der Waals surface area contributed by atoms with E-state index in [1.807, 2.05) is 12.1 Å². The minimum atomic E-state index is -0.718. The van der Waals surface area contributed by atoms with Gasteiger partial charge in [-0.25, -0.2) is 4.79 Å². The van der Waals surface area contributed by atoms with Gasteiger partial charge in [-0.05, 0) is 44.9 Å². The van der Waals surface area contributed by atoms with E-state index in [2.05, 4.69) is 6.92 Å². The second kappa shape index (κ2) is 18.5. The minimum absolute atomic E-state index is 0.274. The summed E-state index contributed by atoms with van der Waals surface area (Å²) in [5, 5.41) is 0. The molecular weight excluding hydrogens is 424 g/mol. The molecule has 0 amide bonds. The maximum absolute atomic E-state index is 12.3. The summed E-state index contributed by atoms with van der Waals surface area (Å²) in [6.07, 6.45) is 20.3. The van der Waals surface area contributed by atoms with Gasteiger partial charge in [0.05, 0.1) is 0 Å². The van der Waals surface area contributed by atoms with E-state index in [-0.39, 0.29) is 5.78 Å². The standard InChI is InChI=1S/C30H50O4/c1-5-6-7-8-9-10-11-12-13-14-15-16-17-18-19-20-27(31)25-26-21-23-28(24-22-26)33-29(32)34-30(2,3)4/h21-24H,5-20,25H2,1-4H3. The van der Waals surface area contributed by atoms with Crippen molar-refractivity contribution in [2.45, 2.75) is 142 Å². The smallest absolute Gasteiger partial charge is 0.428 e. The van der Waals surface area contributed by atoms with Crippen LogP contribution in [-0.2, 0) is 16.0 Å². The number of carbonyl (C=O) groups excluding carboxylic acids is 2. The Bertz CT molecular complexity index is 657. The fourth-order valence-corrected chi connectivity index (χ4v) is 4.05. The zero-order chi connectivity index (χ0) is 25.1. The largest absolute Gasteiger partial charge is 0.514 e. The first-order chi connectivity index (χ1) is 16.3. The van der Waals surface area contributed by atoms with Crippen LogP contribution in [0.1, 0.15) is 136 Å². The van der Waals surface area contributed by atoms with Crippen molar-refractivity contribution < 1.29 is 19.1 Å². The Kier molecular flexibility index (Phi) is 16.4. The molecule has 0 aliphatic heterocycles. The molecule has 0 aliphatic rings. The van der Waals surface area contributed by atoms with Gasteiger partial charge in [-0.15, -0.1) is 0 Å². The highest BCUT2D eigenvalue weighted by Gasteiger charge is 2.18. The average molecular weight is 475 g/mol. The number of benzene rings is 1. The lowest BCUT2D eigenvalue weighted by Gasteiger charge is -2.18. The quantitative estimate of drug-likeness (QED) is 0.114. The fraction of sp³-hybridized carbons (Fsp3) is 0.733. The minimum Gasteiger partial charge on any atom is -0.428 e. The molecule has 0 bridgehead atoms. The normalized spacial score (nSPS) is 11.4. The number of ketones is 1. The first-order valence-corrected chi connectivity index (χ1v) is 13.8. The lowest BCUT2D eigenvalue weighted by molar-refractivity contribution is -0.118. The summed E-state index contributed by atoms with van der Waals surface area (Å²) in [7, 11) is 0. The van der Waals surface area contributed by atoms with Crippen LogP contribution < -0.4 is 4.74 Å². The van der Waals surface area contributed by atoms with Crippen LogP contribution in [0.5, 0.6) is 5.75 Å². The molecule has 0 saturated heterocycles. The van der Waals surface area contributed by atoms with Crippen LogP contribution in [0.4, 0.5) is 4.79 Å². The first kappa shape index (κ1) is 30.2. The second-order valence-corrected chi connectivity index (χ2v) is 10.6. The highest BCUT2D eigenvalue weighted by atomic mass is 16.7. The summed E-state index contributed by atoms with van der Waals surface area (Å²) in [6.45, 7) is 7.65. The van der Waals surface area contributed by atoms with Crippen LogP contribution in [0.3, 0.4) is 0 Å². The average Bonchev–Trinajstić information content (AvgIpc) is 2.76. The summed E-state index contributed by atoms with van der Waals surface area (Å²) in [4.78, 5) is 24.0. The molecule has 1 aromatic carbocycles. The van der Waals surface area contributed by atoms with Crippen molar-refractivity contribution in [1.82, 2.24) is 0 Å². The number of rotatable bonds is 19. The van der Waals surface area contributed by atoms with Gasteiger partial charge in [-0.1, -0.05) is 109 Å². The molecule has 0 aliphatic carbocycles. The summed E-state index contributed by atoms with van der Waals surface area (Å²) in [5.74, 6) is 0.698. The molecule has 0 aromatic heterocycles. The van der Waals surface area contributed by atoms with Gasteiger partial charge >= 0.3 is 6.16 Å². The molecule has 0 fully saturated rings. The van der Waals surface area contributed by atoms with E-state index in [1.54, 1.807) is 32.9 Å². The first-order valence-electron chi connectivity index (χ1n) is 13.8. The number of ether oxygens (including phenoxy) is 2. The van der Waals surface area contributed by atoms with E-state index in [9.17, 15) is 9.59 Å². The fourth-order valence-electron chi connectivity index (χ4n) is 4.05. The third kappa shape index (κ3) is 17.6. The van der Waals surface area contributed by atoms with Gasteiger partial charge in [-0.3, -0.25) is 4.79 Å². The summed E-state index contributed by atoms with van der Waals surface area (Å²) >= 11 is 0. The number of hydrogen-bond donors (Lipinski definition) is 0. The van der Waals surface area contributed by atoms with Crippen molar-refractivity contribution in [2.24, 2.45) is 0 Å². The molecule has 1 rings (SSSR count). The Hall–Kier alpha value is -1.84. The van der Waals surface area contributed by atoms with Gasteiger partial charge in [0, 0.05) is 12.8 Å². The SMILES string of the molecule is CCCCCCCCCCCCCCCCCC(=O)Cc1ccc(OC(=O)OC(C)(C)C)cc1. The topological polar surface area (TPSA) is 52.6 Å². The molecule has 0 unspecified atom stereocenters. The van der Waals surface area contributed by atoms with Crippen LogP contribution in [0, 0.1) is 0 Å². The van der Waals surface area contributed by atoms with Gasteiger partial charge in [0.1, 0.15) is 17.1 Å². The van der Waals surface area contributed by atoms with Gasteiger partial charge in [0.25, 0.3) is 0 Å². The molecular formula is C30H50O4. The van der Waals surface area contributed by atoms with Crippen LogP contribution in [0.25, 0.3) is 0 Å². The van der Waals surface area contributed by atoms with Crippen LogP contribution >= 0.6 is 0 Å². The summed E-state index contributed by atoms with van der Waals surface area (Å²) < 4.78 is 10.3. The van der Waals surface area contributed by atoms with Gasteiger partial charge in [0.15, 0.2) is 0 Å². The third-order valence-electron chi connectivity index (χ3n) is 5.97.